The van der Waals surface area contributed by atoms with Crippen LogP contribution in [0.5, 0.6) is 0 Å². The Morgan fingerprint density at radius 2 is 1.82 bits per heavy atom. The number of furan rings is 1. The van der Waals surface area contributed by atoms with Crippen LogP contribution >= 0.6 is 0 Å². The normalized spacial score (nSPS) is 9.94. The summed E-state index contributed by atoms with van der Waals surface area (Å²) < 4.78 is 4.84. The van der Waals surface area contributed by atoms with Crippen LogP contribution in [0.15, 0.2) is 47.3 Å². The Kier molecular flexibility index (Phi) is 3.02. The number of hydrazine groups is 1. The third-order valence-electron chi connectivity index (χ3n) is 2.33. The van der Waals surface area contributed by atoms with Gasteiger partial charge < -0.3 is 4.42 Å². The van der Waals surface area contributed by atoms with Gasteiger partial charge in [-0.2, -0.15) is 0 Å². The summed E-state index contributed by atoms with van der Waals surface area (Å²) in [5, 5.41) is 0. The maximum atomic E-state index is 12.1. The lowest BCUT2D eigenvalue weighted by atomic mass is 10.00. The minimum absolute atomic E-state index is 0.237. The second-order valence-electron chi connectivity index (χ2n) is 3.36. The Labute approximate surface area is 97.2 Å². The second-order valence-corrected chi connectivity index (χ2v) is 3.36. The minimum atomic E-state index is -0.502. The molecule has 0 spiro atoms. The highest BCUT2D eigenvalue weighted by molar-refractivity contribution is 6.15. The van der Waals surface area contributed by atoms with Gasteiger partial charge in [0.1, 0.15) is 6.26 Å². The monoisotopic (exact) mass is 230 g/mol. The Morgan fingerprint density at radius 3 is 2.41 bits per heavy atom. The van der Waals surface area contributed by atoms with Gasteiger partial charge in [-0.05, 0) is 12.1 Å². The van der Waals surface area contributed by atoms with Crippen molar-refractivity contribution in [1.29, 1.82) is 0 Å². The maximum Gasteiger partial charge on any atom is 0.265 e. The first-order valence-electron chi connectivity index (χ1n) is 4.91. The molecule has 5 nitrogen and oxygen atoms in total. The number of amides is 1. The summed E-state index contributed by atoms with van der Waals surface area (Å²) in [5.74, 6) is 4.28. The SMILES string of the molecule is NNC(=O)c1ccccc1C(=O)c1ccoc1. The van der Waals surface area contributed by atoms with E-state index in [9.17, 15) is 9.59 Å². The molecule has 1 amide bonds. The highest BCUT2D eigenvalue weighted by Gasteiger charge is 2.17. The molecule has 3 N–H and O–H groups in total. The molecular formula is C12H10N2O3. The maximum absolute atomic E-state index is 12.1. The van der Waals surface area contributed by atoms with Gasteiger partial charge >= 0.3 is 0 Å². The van der Waals surface area contributed by atoms with Crippen molar-refractivity contribution in [3.63, 3.8) is 0 Å². The largest absolute Gasteiger partial charge is 0.472 e. The number of ketones is 1. The topological polar surface area (TPSA) is 85.3 Å². The molecule has 0 aliphatic carbocycles. The highest BCUT2D eigenvalue weighted by Crippen LogP contribution is 2.14. The number of hydrogen-bond acceptors (Lipinski definition) is 4. The van der Waals surface area contributed by atoms with Gasteiger partial charge in [0, 0.05) is 5.56 Å². The second kappa shape index (κ2) is 4.63. The van der Waals surface area contributed by atoms with E-state index < -0.39 is 5.91 Å². The lowest BCUT2D eigenvalue weighted by Gasteiger charge is -2.05. The molecule has 0 unspecified atom stereocenters. The number of benzene rings is 1. The van der Waals surface area contributed by atoms with E-state index in [-0.39, 0.29) is 16.9 Å². The highest BCUT2D eigenvalue weighted by atomic mass is 16.3. The predicted octanol–water partition coefficient (Wildman–Crippen LogP) is 1.11. The van der Waals surface area contributed by atoms with Gasteiger partial charge in [-0.3, -0.25) is 15.0 Å². The fourth-order valence-electron chi connectivity index (χ4n) is 1.51. The molecule has 5 heteroatoms. The average molecular weight is 230 g/mol. The fourth-order valence-corrected chi connectivity index (χ4v) is 1.51. The van der Waals surface area contributed by atoms with E-state index in [2.05, 4.69) is 0 Å². The molecule has 0 saturated carbocycles. The molecule has 0 atom stereocenters. The van der Waals surface area contributed by atoms with E-state index in [1.165, 1.54) is 18.6 Å². The summed E-state index contributed by atoms with van der Waals surface area (Å²) in [7, 11) is 0. The molecule has 86 valence electrons. The van der Waals surface area contributed by atoms with Crippen LogP contribution < -0.4 is 11.3 Å². The third-order valence-corrected chi connectivity index (χ3v) is 2.33. The first-order valence-corrected chi connectivity index (χ1v) is 4.91. The van der Waals surface area contributed by atoms with Crippen molar-refractivity contribution in [3.8, 4) is 0 Å². The van der Waals surface area contributed by atoms with E-state index in [0.29, 0.717) is 5.56 Å². The van der Waals surface area contributed by atoms with E-state index in [0.717, 1.165) is 0 Å². The van der Waals surface area contributed by atoms with Crippen molar-refractivity contribution in [2.75, 3.05) is 0 Å². The number of nitrogen functional groups attached to an aromatic ring is 1. The van der Waals surface area contributed by atoms with E-state index in [1.54, 1.807) is 24.3 Å². The van der Waals surface area contributed by atoms with Gasteiger partial charge in [-0.25, -0.2) is 5.84 Å². The van der Waals surface area contributed by atoms with Crippen molar-refractivity contribution in [1.82, 2.24) is 5.43 Å². The van der Waals surface area contributed by atoms with Crippen molar-refractivity contribution in [2.45, 2.75) is 0 Å². The zero-order chi connectivity index (χ0) is 12.3. The third kappa shape index (κ3) is 2.09. The fraction of sp³-hybridized carbons (Fsp3) is 0. The van der Waals surface area contributed by atoms with Crippen LogP contribution in [0.2, 0.25) is 0 Å². The first-order chi connectivity index (χ1) is 8.24. The van der Waals surface area contributed by atoms with E-state index in [4.69, 9.17) is 10.3 Å². The summed E-state index contributed by atoms with van der Waals surface area (Å²) >= 11 is 0. The van der Waals surface area contributed by atoms with Gasteiger partial charge in [0.25, 0.3) is 5.91 Å². The quantitative estimate of drug-likeness (QED) is 0.358. The molecule has 0 fully saturated rings. The van der Waals surface area contributed by atoms with Crippen molar-refractivity contribution in [2.24, 2.45) is 5.84 Å². The molecule has 0 aliphatic heterocycles. The number of rotatable bonds is 3. The summed E-state index contributed by atoms with van der Waals surface area (Å²) in [5.41, 5.74) is 2.92. The lowest BCUT2D eigenvalue weighted by molar-refractivity contribution is 0.0942. The Morgan fingerprint density at radius 1 is 1.12 bits per heavy atom. The molecule has 0 bridgehead atoms. The van der Waals surface area contributed by atoms with E-state index in [1.807, 2.05) is 5.43 Å². The molecule has 0 aliphatic rings. The Balaban J connectivity index is 2.45. The molecule has 1 aromatic heterocycles. The molecular weight excluding hydrogens is 220 g/mol. The standard InChI is InChI=1S/C12H10N2O3/c13-14-12(16)10-4-2-1-3-9(10)11(15)8-5-6-17-7-8/h1-7H,13H2,(H,14,16). The van der Waals surface area contributed by atoms with Crippen LogP contribution in [-0.2, 0) is 0 Å². The van der Waals surface area contributed by atoms with Crippen molar-refractivity contribution < 1.29 is 14.0 Å². The lowest BCUT2D eigenvalue weighted by Crippen LogP contribution is -2.31. The Hall–Kier alpha value is -2.40. The van der Waals surface area contributed by atoms with Gasteiger partial charge in [0.2, 0.25) is 0 Å². The Bertz CT molecular complexity index is 547. The number of carbonyl (C=O) groups excluding carboxylic acids is 2. The summed E-state index contributed by atoms with van der Waals surface area (Å²) in [6.07, 6.45) is 2.73. The number of nitrogens with one attached hydrogen (secondary N) is 1. The van der Waals surface area contributed by atoms with Gasteiger partial charge in [0.15, 0.2) is 5.78 Å². The smallest absolute Gasteiger partial charge is 0.265 e. The van der Waals surface area contributed by atoms with Crippen molar-refractivity contribution in [3.05, 3.63) is 59.5 Å². The van der Waals surface area contributed by atoms with Crippen LogP contribution in [0, 0.1) is 0 Å². The number of hydrogen-bond donors (Lipinski definition) is 2. The minimum Gasteiger partial charge on any atom is -0.472 e. The van der Waals surface area contributed by atoms with Gasteiger partial charge in [-0.15, -0.1) is 0 Å². The molecule has 0 saturated heterocycles. The van der Waals surface area contributed by atoms with Crippen LogP contribution in [0.1, 0.15) is 26.3 Å². The molecule has 17 heavy (non-hydrogen) atoms. The van der Waals surface area contributed by atoms with Gasteiger partial charge in [0.05, 0.1) is 17.4 Å². The molecule has 1 heterocycles. The number of carbonyl (C=O) groups is 2. The van der Waals surface area contributed by atoms with Crippen molar-refractivity contribution >= 4 is 11.7 Å². The molecule has 2 rings (SSSR count). The summed E-state index contributed by atoms with van der Waals surface area (Å²) in [4.78, 5) is 23.6. The molecule has 0 radical (unpaired) electrons. The molecule has 1 aromatic carbocycles. The van der Waals surface area contributed by atoms with Crippen LogP contribution in [0.4, 0.5) is 0 Å². The average Bonchev–Trinajstić information content (AvgIpc) is 2.91. The summed E-state index contributed by atoms with van der Waals surface area (Å²) in [6, 6.07) is 7.99. The van der Waals surface area contributed by atoms with E-state index >= 15 is 0 Å². The summed E-state index contributed by atoms with van der Waals surface area (Å²) in [6.45, 7) is 0. The molecule has 2 aromatic rings. The van der Waals surface area contributed by atoms with Crippen LogP contribution in [-0.4, -0.2) is 11.7 Å². The van der Waals surface area contributed by atoms with Gasteiger partial charge in [-0.1, -0.05) is 18.2 Å². The predicted molar refractivity (Wildman–Crippen MR) is 60.2 cm³/mol. The zero-order valence-electron chi connectivity index (χ0n) is 8.84. The van der Waals surface area contributed by atoms with Crippen LogP contribution in [0.25, 0.3) is 0 Å². The zero-order valence-corrected chi connectivity index (χ0v) is 8.84. The van der Waals surface area contributed by atoms with Crippen LogP contribution in [0.3, 0.4) is 0 Å². The first kappa shape index (κ1) is 11.1. The number of nitrogens with two attached hydrogens (primary N) is 1.